The van der Waals surface area contributed by atoms with Gasteiger partial charge in [0.25, 0.3) is 11.5 Å². The summed E-state index contributed by atoms with van der Waals surface area (Å²) in [5.41, 5.74) is 6.48. The van der Waals surface area contributed by atoms with Crippen molar-refractivity contribution in [3.05, 3.63) is 33.7 Å². The number of H-pyrrole nitrogens is 1. The van der Waals surface area contributed by atoms with E-state index in [0.717, 1.165) is 5.69 Å². The second-order valence-corrected chi connectivity index (χ2v) is 4.74. The number of nitrogens with one attached hydrogen (secondary N) is 1. The SMILES string of the molecule is Cc1ccc(C(=O)N2CC(C)C(N)C2)c(=O)[nH]1. The highest BCUT2D eigenvalue weighted by Gasteiger charge is 2.31. The number of hydrogen-bond donors (Lipinski definition) is 2. The monoisotopic (exact) mass is 235 g/mol. The largest absolute Gasteiger partial charge is 0.337 e. The molecule has 1 aromatic heterocycles. The van der Waals surface area contributed by atoms with E-state index in [-0.39, 0.29) is 29.0 Å². The van der Waals surface area contributed by atoms with Crippen LogP contribution in [-0.2, 0) is 0 Å². The van der Waals surface area contributed by atoms with Crippen molar-refractivity contribution < 1.29 is 4.79 Å². The third-order valence-electron chi connectivity index (χ3n) is 3.24. The highest BCUT2D eigenvalue weighted by atomic mass is 16.2. The summed E-state index contributed by atoms with van der Waals surface area (Å²) in [4.78, 5) is 28.1. The maximum absolute atomic E-state index is 12.1. The molecule has 5 heteroatoms. The van der Waals surface area contributed by atoms with Gasteiger partial charge in [-0.1, -0.05) is 6.92 Å². The number of likely N-dealkylation sites (tertiary alicyclic amines) is 1. The molecule has 3 N–H and O–H groups in total. The van der Waals surface area contributed by atoms with Gasteiger partial charge in [-0.05, 0) is 25.0 Å². The van der Waals surface area contributed by atoms with Gasteiger partial charge in [0, 0.05) is 24.8 Å². The number of aromatic amines is 1. The highest BCUT2D eigenvalue weighted by molar-refractivity contribution is 5.94. The van der Waals surface area contributed by atoms with Gasteiger partial charge in [-0.25, -0.2) is 0 Å². The molecule has 0 aliphatic carbocycles. The Bertz CT molecular complexity index is 485. The molecule has 1 saturated heterocycles. The molecule has 2 atom stereocenters. The van der Waals surface area contributed by atoms with Gasteiger partial charge in [-0.3, -0.25) is 9.59 Å². The Morgan fingerprint density at radius 2 is 2.18 bits per heavy atom. The summed E-state index contributed by atoms with van der Waals surface area (Å²) in [5.74, 6) is 0.0505. The number of nitrogens with zero attached hydrogens (tertiary/aromatic N) is 1. The smallest absolute Gasteiger partial charge is 0.260 e. The van der Waals surface area contributed by atoms with Crippen LogP contribution in [0.3, 0.4) is 0 Å². The first-order chi connectivity index (χ1) is 7.99. The van der Waals surface area contributed by atoms with Crippen molar-refractivity contribution in [2.75, 3.05) is 13.1 Å². The van der Waals surface area contributed by atoms with Crippen LogP contribution in [0.5, 0.6) is 0 Å². The number of amides is 1. The molecule has 2 unspecified atom stereocenters. The quantitative estimate of drug-likeness (QED) is 0.724. The van der Waals surface area contributed by atoms with Gasteiger partial charge in [-0.2, -0.15) is 0 Å². The first-order valence-corrected chi connectivity index (χ1v) is 5.74. The van der Waals surface area contributed by atoms with Crippen LogP contribution in [0.1, 0.15) is 23.0 Å². The zero-order chi connectivity index (χ0) is 12.6. The molecule has 1 fully saturated rings. The van der Waals surface area contributed by atoms with Crippen LogP contribution in [0.25, 0.3) is 0 Å². The average Bonchev–Trinajstić information content (AvgIpc) is 2.58. The van der Waals surface area contributed by atoms with E-state index >= 15 is 0 Å². The van der Waals surface area contributed by atoms with E-state index in [1.807, 2.05) is 6.92 Å². The van der Waals surface area contributed by atoms with E-state index < -0.39 is 0 Å². The fraction of sp³-hybridized carbons (Fsp3) is 0.500. The number of hydrogen-bond acceptors (Lipinski definition) is 3. The van der Waals surface area contributed by atoms with Gasteiger partial charge in [0.05, 0.1) is 0 Å². The molecule has 0 saturated carbocycles. The lowest BCUT2D eigenvalue weighted by molar-refractivity contribution is 0.0785. The van der Waals surface area contributed by atoms with Crippen molar-refractivity contribution in [1.82, 2.24) is 9.88 Å². The number of rotatable bonds is 1. The molecule has 0 radical (unpaired) electrons. The van der Waals surface area contributed by atoms with Crippen LogP contribution in [0.2, 0.25) is 0 Å². The third kappa shape index (κ3) is 2.24. The summed E-state index contributed by atoms with van der Waals surface area (Å²) in [5, 5.41) is 0. The number of nitrogens with two attached hydrogens (primary N) is 1. The Morgan fingerprint density at radius 1 is 1.47 bits per heavy atom. The van der Waals surface area contributed by atoms with Gasteiger partial charge in [-0.15, -0.1) is 0 Å². The van der Waals surface area contributed by atoms with Crippen molar-refractivity contribution in [2.45, 2.75) is 19.9 Å². The predicted octanol–water partition coefficient (Wildman–Crippen LogP) is 0.103. The van der Waals surface area contributed by atoms with E-state index in [1.165, 1.54) is 0 Å². The van der Waals surface area contributed by atoms with Gasteiger partial charge >= 0.3 is 0 Å². The van der Waals surface area contributed by atoms with Crippen LogP contribution in [-0.4, -0.2) is 34.9 Å². The van der Waals surface area contributed by atoms with Crippen LogP contribution >= 0.6 is 0 Å². The lowest BCUT2D eigenvalue weighted by Crippen LogP contribution is -2.35. The number of aromatic nitrogens is 1. The molecule has 2 heterocycles. The molecular weight excluding hydrogens is 218 g/mol. The first-order valence-electron chi connectivity index (χ1n) is 5.74. The summed E-state index contributed by atoms with van der Waals surface area (Å²) < 4.78 is 0. The van der Waals surface area contributed by atoms with Gasteiger partial charge < -0.3 is 15.6 Å². The second kappa shape index (κ2) is 4.33. The molecule has 1 aliphatic heterocycles. The molecule has 17 heavy (non-hydrogen) atoms. The topological polar surface area (TPSA) is 79.2 Å². The highest BCUT2D eigenvalue weighted by Crippen LogP contribution is 2.16. The van der Waals surface area contributed by atoms with Crippen LogP contribution in [0.4, 0.5) is 0 Å². The molecule has 0 aromatic carbocycles. The van der Waals surface area contributed by atoms with Crippen molar-refractivity contribution in [3.8, 4) is 0 Å². The number of aryl methyl sites for hydroxylation is 1. The van der Waals surface area contributed by atoms with E-state index in [0.29, 0.717) is 13.1 Å². The maximum atomic E-state index is 12.1. The van der Waals surface area contributed by atoms with E-state index in [9.17, 15) is 9.59 Å². The summed E-state index contributed by atoms with van der Waals surface area (Å²) >= 11 is 0. The fourth-order valence-electron chi connectivity index (χ4n) is 2.07. The average molecular weight is 235 g/mol. The van der Waals surface area contributed by atoms with Crippen molar-refractivity contribution >= 4 is 5.91 Å². The fourth-order valence-corrected chi connectivity index (χ4v) is 2.07. The molecule has 0 bridgehead atoms. The number of carbonyl (C=O) groups excluding carboxylic acids is 1. The van der Waals surface area contributed by atoms with Crippen LogP contribution in [0, 0.1) is 12.8 Å². The molecule has 2 rings (SSSR count). The van der Waals surface area contributed by atoms with E-state index in [1.54, 1.807) is 24.0 Å². The number of pyridine rings is 1. The van der Waals surface area contributed by atoms with Crippen LogP contribution in [0.15, 0.2) is 16.9 Å². The Hall–Kier alpha value is -1.62. The Labute approximate surface area is 99.6 Å². The normalized spacial score (nSPS) is 24.1. The molecule has 1 aliphatic rings. The van der Waals surface area contributed by atoms with Crippen molar-refractivity contribution in [1.29, 1.82) is 0 Å². The van der Waals surface area contributed by atoms with Crippen molar-refractivity contribution in [3.63, 3.8) is 0 Å². The minimum atomic E-state index is -0.330. The lowest BCUT2D eigenvalue weighted by Gasteiger charge is -2.15. The molecule has 92 valence electrons. The Balaban J connectivity index is 2.24. The zero-order valence-corrected chi connectivity index (χ0v) is 10.1. The molecule has 0 spiro atoms. The van der Waals surface area contributed by atoms with Crippen LogP contribution < -0.4 is 11.3 Å². The minimum Gasteiger partial charge on any atom is -0.337 e. The summed E-state index contributed by atoms with van der Waals surface area (Å²) in [6.45, 7) is 4.93. The third-order valence-corrected chi connectivity index (χ3v) is 3.24. The minimum absolute atomic E-state index is 0.00322. The molecule has 1 aromatic rings. The predicted molar refractivity (Wildman–Crippen MR) is 64.8 cm³/mol. The zero-order valence-electron chi connectivity index (χ0n) is 10.1. The van der Waals surface area contributed by atoms with E-state index in [4.69, 9.17) is 5.73 Å². The van der Waals surface area contributed by atoms with Gasteiger partial charge in [0.1, 0.15) is 5.56 Å². The molecule has 1 amide bonds. The second-order valence-electron chi connectivity index (χ2n) is 4.74. The first kappa shape index (κ1) is 11.9. The van der Waals surface area contributed by atoms with Gasteiger partial charge in [0.2, 0.25) is 0 Å². The molecule has 5 nitrogen and oxygen atoms in total. The van der Waals surface area contributed by atoms with Gasteiger partial charge in [0.15, 0.2) is 0 Å². The maximum Gasteiger partial charge on any atom is 0.260 e. The van der Waals surface area contributed by atoms with E-state index in [2.05, 4.69) is 4.98 Å². The molecular formula is C12H17N3O2. The summed E-state index contributed by atoms with van der Waals surface area (Å²) in [6, 6.07) is 3.31. The lowest BCUT2D eigenvalue weighted by atomic mass is 10.1. The summed E-state index contributed by atoms with van der Waals surface area (Å²) in [7, 11) is 0. The number of carbonyl (C=O) groups is 1. The Morgan fingerprint density at radius 3 is 2.71 bits per heavy atom. The Kier molecular flexibility index (Phi) is 3.02. The summed E-state index contributed by atoms with van der Waals surface area (Å²) in [6.07, 6.45) is 0. The standard InChI is InChI=1S/C12H17N3O2/c1-7-5-15(6-10(7)13)12(17)9-4-3-8(2)14-11(9)16/h3-4,7,10H,5-6,13H2,1-2H3,(H,14,16). The van der Waals surface area contributed by atoms with Crippen molar-refractivity contribution in [2.24, 2.45) is 11.7 Å².